The molecule has 0 aromatic carbocycles. The van der Waals surface area contributed by atoms with Crippen LogP contribution in [0.3, 0.4) is 0 Å². The fourth-order valence-electron chi connectivity index (χ4n) is 0.689. The normalized spacial score (nSPS) is 12.6. The maximum Gasteiger partial charge on any atom is 0.522 e. The predicted octanol–water partition coefficient (Wildman–Crippen LogP) is 0.778. The van der Waals surface area contributed by atoms with Gasteiger partial charge in [-0.1, -0.05) is 0 Å². The highest BCUT2D eigenvalue weighted by Crippen LogP contribution is 2.21. The smallest absolute Gasteiger partial charge is 0.522 e. The van der Waals surface area contributed by atoms with Crippen LogP contribution in [-0.4, -0.2) is 41.5 Å². The maximum absolute atomic E-state index is 10.7. The molecule has 0 aliphatic carbocycles. The van der Waals surface area contributed by atoms with Gasteiger partial charge >= 0.3 is 21.1 Å². The number of nitrogens with zero attached hydrogens (tertiary/aromatic N) is 2. The molecule has 1 N–H and O–H groups in total. The molecule has 0 amide bonds. The molecular weight excluding hydrogens is 398 g/mol. The summed E-state index contributed by atoms with van der Waals surface area (Å²) in [5, 5.41) is 0. The molecular formula is C8H12F6N2O6S2. The minimum absolute atomic E-state index is 1.06. The Morgan fingerprint density at radius 3 is 1.50 bits per heavy atom. The lowest BCUT2D eigenvalue weighted by Crippen LogP contribution is -2.23. The molecule has 8 nitrogen and oxygen atoms in total. The number of hydrogen-bond donors (Lipinski definition) is 1. The van der Waals surface area contributed by atoms with Gasteiger partial charge in [0.1, 0.15) is 12.4 Å². The molecule has 0 bridgehead atoms. The molecule has 1 rings (SSSR count). The summed E-state index contributed by atoms with van der Waals surface area (Å²) in [6.07, 6.45) is 6.14. The lowest BCUT2D eigenvalue weighted by molar-refractivity contribution is -0.671. The van der Waals surface area contributed by atoms with Crippen molar-refractivity contribution >= 4 is 20.2 Å². The van der Waals surface area contributed by atoms with Crippen molar-refractivity contribution in [1.29, 1.82) is 0 Å². The first kappa shape index (κ1) is 24.9. The molecule has 0 saturated carbocycles. The Labute approximate surface area is 132 Å². The van der Waals surface area contributed by atoms with Gasteiger partial charge in [-0.2, -0.15) is 34.8 Å². The topological polar surface area (TPSA) is 120 Å². The molecule has 0 spiro atoms. The van der Waals surface area contributed by atoms with Crippen LogP contribution in [-0.2, 0) is 33.8 Å². The van der Waals surface area contributed by atoms with E-state index in [4.69, 9.17) is 25.9 Å². The third-order valence-electron chi connectivity index (χ3n) is 1.76. The number of imidazole rings is 1. The number of rotatable bonds is 1. The molecule has 0 aliphatic heterocycles. The van der Waals surface area contributed by atoms with E-state index in [-0.39, 0.29) is 0 Å². The highest BCUT2D eigenvalue weighted by atomic mass is 32.2. The molecule has 1 aromatic rings. The average Bonchev–Trinajstić information content (AvgIpc) is 2.71. The van der Waals surface area contributed by atoms with Crippen LogP contribution in [0.4, 0.5) is 26.3 Å². The number of alkyl halides is 6. The molecule has 24 heavy (non-hydrogen) atoms. The summed E-state index contributed by atoms with van der Waals surface area (Å²) >= 11 is 0. The largest absolute Gasteiger partial charge is 0.741 e. The standard InChI is InChI=1S/C6H11N2.2CHF3O3S/c1-3-8-5-4-7(2)6-8;2*2-1(3,4)8(5,6)7/h4-6H,3H2,1-2H3;2*(H,5,6,7)/q+1;;/p-1. The summed E-state index contributed by atoms with van der Waals surface area (Å²) in [5.41, 5.74) is -11.2. The number of aryl methyl sites for hydroxylation is 2. The van der Waals surface area contributed by atoms with Gasteiger partial charge < -0.3 is 4.55 Å². The zero-order chi connectivity index (χ0) is 20.0. The third-order valence-corrected chi connectivity index (χ3v) is 2.92. The highest BCUT2D eigenvalue weighted by molar-refractivity contribution is 7.86. The van der Waals surface area contributed by atoms with Crippen molar-refractivity contribution in [2.24, 2.45) is 7.05 Å². The van der Waals surface area contributed by atoms with Crippen LogP contribution in [0.25, 0.3) is 0 Å². The van der Waals surface area contributed by atoms with E-state index in [1.54, 1.807) is 0 Å². The van der Waals surface area contributed by atoms with Crippen molar-refractivity contribution in [3.63, 3.8) is 0 Å². The van der Waals surface area contributed by atoms with Gasteiger partial charge in [-0.3, -0.25) is 4.55 Å². The molecule has 1 aromatic heterocycles. The summed E-state index contributed by atoms with van der Waals surface area (Å²) in [7, 11) is -9.91. The second kappa shape index (κ2) is 8.63. The average molecular weight is 410 g/mol. The molecule has 0 atom stereocenters. The first-order valence-electron chi connectivity index (χ1n) is 5.39. The fourth-order valence-corrected chi connectivity index (χ4v) is 0.689. The first-order chi connectivity index (χ1) is 10.3. The van der Waals surface area contributed by atoms with Gasteiger partial charge in [-0.05, 0) is 6.92 Å². The first-order valence-corrected chi connectivity index (χ1v) is 8.24. The molecule has 0 fully saturated rings. The fraction of sp³-hybridized carbons (Fsp3) is 0.625. The Morgan fingerprint density at radius 2 is 1.42 bits per heavy atom. The zero-order valence-electron chi connectivity index (χ0n) is 11.9. The van der Waals surface area contributed by atoms with Crippen LogP contribution in [0.2, 0.25) is 0 Å². The number of aromatic nitrogens is 2. The zero-order valence-corrected chi connectivity index (χ0v) is 13.5. The van der Waals surface area contributed by atoms with Crippen LogP contribution < -0.4 is 4.57 Å². The van der Waals surface area contributed by atoms with Crippen LogP contribution >= 0.6 is 0 Å². The van der Waals surface area contributed by atoms with Crippen LogP contribution in [0.1, 0.15) is 6.92 Å². The van der Waals surface area contributed by atoms with Gasteiger partial charge in [-0.25, -0.2) is 17.6 Å². The second-order valence-electron chi connectivity index (χ2n) is 3.73. The van der Waals surface area contributed by atoms with Crippen molar-refractivity contribution in [2.45, 2.75) is 24.5 Å². The highest BCUT2D eigenvalue weighted by Gasteiger charge is 2.44. The van der Waals surface area contributed by atoms with E-state index in [9.17, 15) is 26.3 Å². The number of hydrogen-bond acceptors (Lipinski definition) is 5. The van der Waals surface area contributed by atoms with E-state index in [1.807, 2.05) is 17.8 Å². The monoisotopic (exact) mass is 410 g/mol. The van der Waals surface area contributed by atoms with Gasteiger partial charge in [0.15, 0.2) is 10.1 Å². The Hall–Kier alpha value is -1.39. The van der Waals surface area contributed by atoms with E-state index in [2.05, 4.69) is 24.0 Å². The maximum atomic E-state index is 10.7. The Morgan fingerprint density at radius 1 is 1.08 bits per heavy atom. The van der Waals surface area contributed by atoms with Gasteiger partial charge in [0.25, 0.3) is 0 Å². The molecule has 144 valence electrons. The van der Waals surface area contributed by atoms with Crippen molar-refractivity contribution in [3.8, 4) is 0 Å². The van der Waals surface area contributed by atoms with Crippen molar-refractivity contribution in [1.82, 2.24) is 4.57 Å². The predicted molar refractivity (Wildman–Crippen MR) is 64.6 cm³/mol. The van der Waals surface area contributed by atoms with E-state index in [0.29, 0.717) is 0 Å². The molecule has 0 unspecified atom stereocenters. The third kappa shape index (κ3) is 10.4. The Balaban J connectivity index is 0. The minimum Gasteiger partial charge on any atom is -0.741 e. The molecule has 1 heterocycles. The Bertz CT molecular complexity index is 664. The minimum atomic E-state index is -6.09. The van der Waals surface area contributed by atoms with E-state index >= 15 is 0 Å². The van der Waals surface area contributed by atoms with Gasteiger partial charge in [0.05, 0.1) is 13.6 Å². The molecule has 0 aliphatic rings. The van der Waals surface area contributed by atoms with E-state index in [1.165, 1.54) is 0 Å². The van der Waals surface area contributed by atoms with E-state index in [0.717, 1.165) is 6.54 Å². The lowest BCUT2D eigenvalue weighted by atomic mass is 10.7. The van der Waals surface area contributed by atoms with Gasteiger partial charge in [-0.15, -0.1) is 0 Å². The van der Waals surface area contributed by atoms with Gasteiger partial charge in [0, 0.05) is 0 Å². The number of halogens is 6. The molecule has 0 radical (unpaired) electrons. The summed E-state index contributed by atoms with van der Waals surface area (Å²) < 4.78 is 121. The lowest BCUT2D eigenvalue weighted by Gasteiger charge is -2.08. The summed E-state index contributed by atoms with van der Waals surface area (Å²) in [6.45, 7) is 3.18. The molecule has 16 heteroatoms. The molecule has 0 saturated heterocycles. The summed E-state index contributed by atoms with van der Waals surface area (Å²) in [5.74, 6) is 0. The van der Waals surface area contributed by atoms with E-state index < -0.39 is 31.3 Å². The SMILES string of the molecule is CCn1cc[n+](C)c1.O=S(=O)(O)C(F)(F)F.O=S(=O)([O-])C(F)(F)F. The van der Waals surface area contributed by atoms with Crippen molar-refractivity contribution in [3.05, 3.63) is 18.7 Å². The van der Waals surface area contributed by atoms with Gasteiger partial charge in [0.2, 0.25) is 6.33 Å². The van der Waals surface area contributed by atoms with Crippen LogP contribution in [0, 0.1) is 0 Å². The van der Waals surface area contributed by atoms with Crippen molar-refractivity contribution in [2.75, 3.05) is 0 Å². The second-order valence-corrected chi connectivity index (χ2v) is 6.51. The van der Waals surface area contributed by atoms with Crippen LogP contribution in [0.15, 0.2) is 18.7 Å². The summed E-state index contributed by atoms with van der Waals surface area (Å²) in [6, 6.07) is 0. The Kier molecular flexibility index (Phi) is 8.94. The van der Waals surface area contributed by atoms with Crippen LogP contribution in [0.5, 0.6) is 0 Å². The van der Waals surface area contributed by atoms with Crippen molar-refractivity contribution < 1.29 is 56.9 Å². The summed E-state index contributed by atoms with van der Waals surface area (Å²) in [4.78, 5) is 0. The quantitative estimate of drug-likeness (QED) is 0.316.